The second kappa shape index (κ2) is 6.66. The SMILES string of the molecule is CCNC(Cc1cc(C)cc(C)c1)Cc1ncnn1C. The van der Waals surface area contributed by atoms with Crippen molar-refractivity contribution in [2.75, 3.05) is 6.54 Å². The number of hydrogen-bond donors (Lipinski definition) is 1. The Hall–Kier alpha value is -1.68. The molecule has 0 aliphatic carbocycles. The van der Waals surface area contributed by atoms with Gasteiger partial charge in [-0.3, -0.25) is 4.68 Å². The van der Waals surface area contributed by atoms with Gasteiger partial charge in [0.05, 0.1) is 0 Å². The van der Waals surface area contributed by atoms with Crippen LogP contribution >= 0.6 is 0 Å². The molecule has 0 radical (unpaired) electrons. The van der Waals surface area contributed by atoms with Gasteiger partial charge in [0.1, 0.15) is 12.2 Å². The van der Waals surface area contributed by atoms with Crippen molar-refractivity contribution in [1.29, 1.82) is 0 Å². The molecule has 0 aliphatic heterocycles. The fourth-order valence-corrected chi connectivity index (χ4v) is 2.70. The van der Waals surface area contributed by atoms with E-state index in [9.17, 15) is 0 Å². The molecule has 108 valence electrons. The Labute approximate surface area is 121 Å². The third-order valence-corrected chi connectivity index (χ3v) is 3.49. The van der Waals surface area contributed by atoms with E-state index in [1.165, 1.54) is 16.7 Å². The molecular weight excluding hydrogens is 248 g/mol. The molecule has 1 heterocycles. The summed E-state index contributed by atoms with van der Waals surface area (Å²) in [6.07, 6.45) is 3.54. The second-order valence-electron chi connectivity index (χ2n) is 5.46. The maximum Gasteiger partial charge on any atom is 0.138 e. The Kier molecular flexibility index (Phi) is 4.90. The van der Waals surface area contributed by atoms with E-state index in [2.05, 4.69) is 54.4 Å². The van der Waals surface area contributed by atoms with Gasteiger partial charge >= 0.3 is 0 Å². The highest BCUT2D eigenvalue weighted by atomic mass is 15.3. The standard InChI is InChI=1S/C16H24N4/c1-5-17-15(10-16-18-11-19-20(16)4)9-14-7-12(2)6-13(3)8-14/h6-8,11,15,17H,5,9-10H2,1-4H3. The first-order valence-electron chi connectivity index (χ1n) is 7.22. The first-order chi connectivity index (χ1) is 9.58. The molecule has 0 saturated carbocycles. The summed E-state index contributed by atoms with van der Waals surface area (Å²) in [6, 6.07) is 7.15. The average molecular weight is 272 g/mol. The molecule has 0 saturated heterocycles. The number of aromatic nitrogens is 3. The number of likely N-dealkylation sites (N-methyl/N-ethyl adjacent to an activating group) is 1. The van der Waals surface area contributed by atoms with Gasteiger partial charge in [-0.15, -0.1) is 0 Å². The number of nitrogens with zero attached hydrogens (tertiary/aromatic N) is 3. The summed E-state index contributed by atoms with van der Waals surface area (Å²) in [5, 5.41) is 7.70. The predicted molar refractivity (Wildman–Crippen MR) is 81.8 cm³/mol. The summed E-state index contributed by atoms with van der Waals surface area (Å²) in [4.78, 5) is 4.33. The van der Waals surface area contributed by atoms with E-state index in [4.69, 9.17) is 0 Å². The molecule has 1 aromatic heterocycles. The molecule has 0 fully saturated rings. The number of aryl methyl sites for hydroxylation is 3. The highest BCUT2D eigenvalue weighted by molar-refractivity contribution is 5.29. The Bertz CT molecular complexity index is 539. The molecular formula is C16H24N4. The van der Waals surface area contributed by atoms with Gasteiger partial charge in [-0.2, -0.15) is 5.10 Å². The Morgan fingerprint density at radius 1 is 1.15 bits per heavy atom. The zero-order valence-corrected chi connectivity index (χ0v) is 12.8. The van der Waals surface area contributed by atoms with Crippen LogP contribution in [-0.2, 0) is 19.9 Å². The van der Waals surface area contributed by atoms with Gasteiger partial charge in [0.2, 0.25) is 0 Å². The smallest absolute Gasteiger partial charge is 0.138 e. The van der Waals surface area contributed by atoms with Crippen LogP contribution in [0, 0.1) is 13.8 Å². The van der Waals surface area contributed by atoms with Crippen LogP contribution in [0.25, 0.3) is 0 Å². The highest BCUT2D eigenvalue weighted by Crippen LogP contribution is 2.12. The van der Waals surface area contributed by atoms with Gasteiger partial charge in [-0.25, -0.2) is 4.98 Å². The molecule has 0 spiro atoms. The van der Waals surface area contributed by atoms with E-state index in [0.717, 1.165) is 25.2 Å². The maximum absolute atomic E-state index is 4.33. The minimum absolute atomic E-state index is 0.393. The van der Waals surface area contributed by atoms with Gasteiger partial charge in [-0.05, 0) is 32.4 Å². The van der Waals surface area contributed by atoms with Crippen LogP contribution in [0.4, 0.5) is 0 Å². The number of benzene rings is 1. The molecule has 20 heavy (non-hydrogen) atoms. The summed E-state index contributed by atoms with van der Waals surface area (Å²) in [5.41, 5.74) is 4.04. The molecule has 0 amide bonds. The molecule has 0 aliphatic rings. The highest BCUT2D eigenvalue weighted by Gasteiger charge is 2.13. The summed E-state index contributed by atoms with van der Waals surface area (Å²) in [5.74, 6) is 1.03. The molecule has 4 heteroatoms. The summed E-state index contributed by atoms with van der Waals surface area (Å²) in [7, 11) is 1.95. The van der Waals surface area contributed by atoms with Crippen LogP contribution in [0.2, 0.25) is 0 Å². The van der Waals surface area contributed by atoms with Crippen LogP contribution < -0.4 is 5.32 Å². The lowest BCUT2D eigenvalue weighted by Gasteiger charge is -2.18. The molecule has 4 nitrogen and oxygen atoms in total. The van der Waals surface area contributed by atoms with Crippen molar-refractivity contribution in [3.8, 4) is 0 Å². The molecule has 2 aromatic rings. The fraction of sp³-hybridized carbons (Fsp3) is 0.500. The monoisotopic (exact) mass is 272 g/mol. The van der Waals surface area contributed by atoms with E-state index in [1.54, 1.807) is 6.33 Å². The lowest BCUT2D eigenvalue weighted by atomic mass is 9.99. The van der Waals surface area contributed by atoms with Crippen molar-refractivity contribution < 1.29 is 0 Å². The van der Waals surface area contributed by atoms with Gasteiger partial charge in [0.25, 0.3) is 0 Å². The molecule has 1 atom stereocenters. The summed E-state index contributed by atoms with van der Waals surface area (Å²) < 4.78 is 1.85. The van der Waals surface area contributed by atoms with Crippen LogP contribution in [0.5, 0.6) is 0 Å². The minimum Gasteiger partial charge on any atom is -0.313 e. The van der Waals surface area contributed by atoms with Gasteiger partial charge in [-0.1, -0.05) is 36.2 Å². The van der Waals surface area contributed by atoms with Gasteiger partial charge in [0, 0.05) is 19.5 Å². The van der Waals surface area contributed by atoms with Crippen molar-refractivity contribution in [2.24, 2.45) is 7.05 Å². The maximum atomic E-state index is 4.33. The quantitative estimate of drug-likeness (QED) is 0.876. The van der Waals surface area contributed by atoms with Crippen molar-refractivity contribution >= 4 is 0 Å². The topological polar surface area (TPSA) is 42.7 Å². The Morgan fingerprint density at radius 2 is 1.85 bits per heavy atom. The van der Waals surface area contributed by atoms with Crippen molar-refractivity contribution in [3.05, 3.63) is 47.0 Å². The van der Waals surface area contributed by atoms with Crippen molar-refractivity contribution in [2.45, 2.75) is 39.7 Å². The predicted octanol–water partition coefficient (Wildman–Crippen LogP) is 2.20. The third kappa shape index (κ3) is 3.90. The average Bonchev–Trinajstić information content (AvgIpc) is 2.74. The van der Waals surface area contributed by atoms with E-state index >= 15 is 0 Å². The summed E-state index contributed by atoms with van der Waals surface area (Å²) in [6.45, 7) is 7.42. The zero-order valence-electron chi connectivity index (χ0n) is 12.8. The second-order valence-corrected chi connectivity index (χ2v) is 5.46. The van der Waals surface area contributed by atoms with E-state index in [0.29, 0.717) is 6.04 Å². The lowest BCUT2D eigenvalue weighted by Crippen LogP contribution is -2.34. The van der Waals surface area contributed by atoms with E-state index in [1.807, 2.05) is 11.7 Å². The first kappa shape index (κ1) is 14.7. The van der Waals surface area contributed by atoms with Crippen LogP contribution in [0.15, 0.2) is 24.5 Å². The largest absolute Gasteiger partial charge is 0.313 e. The van der Waals surface area contributed by atoms with Crippen molar-refractivity contribution in [1.82, 2.24) is 20.1 Å². The van der Waals surface area contributed by atoms with Crippen molar-refractivity contribution in [3.63, 3.8) is 0 Å². The van der Waals surface area contributed by atoms with Crippen LogP contribution in [0.1, 0.15) is 29.4 Å². The molecule has 2 rings (SSSR count). The Morgan fingerprint density at radius 3 is 2.40 bits per heavy atom. The number of hydrogen-bond acceptors (Lipinski definition) is 3. The van der Waals surface area contributed by atoms with Crippen LogP contribution in [0.3, 0.4) is 0 Å². The van der Waals surface area contributed by atoms with Gasteiger partial charge in [0.15, 0.2) is 0 Å². The number of rotatable bonds is 6. The normalized spacial score (nSPS) is 12.6. The molecule has 0 bridgehead atoms. The van der Waals surface area contributed by atoms with E-state index < -0.39 is 0 Å². The molecule has 1 unspecified atom stereocenters. The third-order valence-electron chi connectivity index (χ3n) is 3.49. The Balaban J connectivity index is 2.10. The van der Waals surface area contributed by atoms with Gasteiger partial charge < -0.3 is 5.32 Å². The summed E-state index contributed by atoms with van der Waals surface area (Å²) >= 11 is 0. The number of nitrogens with one attached hydrogen (secondary N) is 1. The lowest BCUT2D eigenvalue weighted by molar-refractivity contribution is 0.499. The van der Waals surface area contributed by atoms with E-state index in [-0.39, 0.29) is 0 Å². The zero-order chi connectivity index (χ0) is 14.5. The van der Waals surface area contributed by atoms with Crippen LogP contribution in [-0.4, -0.2) is 27.4 Å². The minimum atomic E-state index is 0.393. The first-order valence-corrected chi connectivity index (χ1v) is 7.22. The molecule has 1 aromatic carbocycles. The molecule has 1 N–H and O–H groups in total. The fourth-order valence-electron chi connectivity index (χ4n) is 2.70.